The van der Waals surface area contributed by atoms with Crippen LogP contribution >= 0.6 is 0 Å². The number of rotatable bonds is 6. The van der Waals surface area contributed by atoms with E-state index < -0.39 is 5.97 Å². The lowest BCUT2D eigenvalue weighted by Crippen LogP contribution is -2.10. The summed E-state index contributed by atoms with van der Waals surface area (Å²) in [7, 11) is 4.74. The number of fused-ring (bicyclic) bond motifs is 1. The Balaban J connectivity index is 1.77. The lowest BCUT2D eigenvalue weighted by Gasteiger charge is -2.12. The topological polar surface area (TPSA) is 66.9 Å². The van der Waals surface area contributed by atoms with Gasteiger partial charge in [0.2, 0.25) is 0 Å². The molecule has 0 aliphatic heterocycles. The summed E-state index contributed by atoms with van der Waals surface area (Å²) in [4.78, 5) is 17.8. The Bertz CT molecular complexity index is 1230. The highest BCUT2D eigenvalue weighted by molar-refractivity contribution is 6.05. The van der Waals surface area contributed by atoms with Crippen molar-refractivity contribution in [3.63, 3.8) is 0 Å². The quantitative estimate of drug-likeness (QED) is 0.321. The minimum Gasteiger partial charge on any atom is -0.497 e. The zero-order chi connectivity index (χ0) is 21.8. The van der Waals surface area contributed by atoms with Crippen molar-refractivity contribution in [3.05, 3.63) is 78.4 Å². The first-order valence-electron chi connectivity index (χ1n) is 9.61. The van der Waals surface area contributed by atoms with E-state index in [4.69, 9.17) is 23.9 Å². The Hall–Kier alpha value is -4.06. The average Bonchev–Trinajstić information content (AvgIpc) is 2.83. The number of esters is 1. The number of nitrogens with zero attached hydrogens (tertiary/aromatic N) is 1. The van der Waals surface area contributed by atoms with Crippen molar-refractivity contribution in [2.45, 2.75) is 0 Å². The molecule has 0 unspecified atom stereocenters. The molecule has 0 spiro atoms. The molecule has 0 bridgehead atoms. The summed E-state index contributed by atoms with van der Waals surface area (Å²) in [6, 6.07) is 21.6. The number of methoxy groups -OCH3 is 3. The molecule has 1 heterocycles. The number of hydrogen-bond donors (Lipinski definition) is 0. The number of pyridine rings is 1. The molecule has 156 valence electrons. The molecule has 0 aliphatic carbocycles. The molecule has 0 saturated heterocycles. The van der Waals surface area contributed by atoms with Gasteiger partial charge < -0.3 is 18.9 Å². The van der Waals surface area contributed by atoms with Crippen molar-refractivity contribution < 1.29 is 23.7 Å². The monoisotopic (exact) mass is 415 g/mol. The summed E-state index contributed by atoms with van der Waals surface area (Å²) in [5.74, 6) is 1.85. The van der Waals surface area contributed by atoms with Crippen LogP contribution < -0.4 is 18.9 Å². The second-order valence-electron chi connectivity index (χ2n) is 6.71. The maximum Gasteiger partial charge on any atom is 0.344 e. The highest BCUT2D eigenvalue weighted by Gasteiger charge is 2.17. The number of para-hydroxylation sites is 1. The largest absolute Gasteiger partial charge is 0.497 e. The standard InChI is InChI=1S/C25H21NO5/c1-28-17-9-11-18(12-10-17)31-25(27)20-15-22(26-21-7-5-4-6-19(20)21)16-8-13-23(29-2)24(14-16)30-3/h4-15H,1-3H3. The van der Waals surface area contributed by atoms with Crippen LogP contribution in [-0.4, -0.2) is 32.3 Å². The zero-order valence-corrected chi connectivity index (χ0v) is 17.4. The SMILES string of the molecule is COc1ccc(OC(=O)c2cc(-c3ccc(OC)c(OC)c3)nc3ccccc23)cc1. The summed E-state index contributed by atoms with van der Waals surface area (Å²) in [5, 5.41) is 0.713. The fraction of sp³-hybridized carbons (Fsp3) is 0.120. The van der Waals surface area contributed by atoms with E-state index >= 15 is 0 Å². The maximum atomic E-state index is 13.1. The summed E-state index contributed by atoms with van der Waals surface area (Å²) in [6.45, 7) is 0. The lowest BCUT2D eigenvalue weighted by molar-refractivity contribution is 0.0736. The second kappa shape index (κ2) is 8.75. The van der Waals surface area contributed by atoms with Crippen molar-refractivity contribution in [1.29, 1.82) is 0 Å². The van der Waals surface area contributed by atoms with Crippen LogP contribution in [0.25, 0.3) is 22.2 Å². The van der Waals surface area contributed by atoms with Crippen LogP contribution in [0.3, 0.4) is 0 Å². The molecule has 3 aromatic carbocycles. The number of aromatic nitrogens is 1. The number of ether oxygens (including phenoxy) is 4. The van der Waals surface area contributed by atoms with E-state index in [2.05, 4.69) is 0 Å². The van der Waals surface area contributed by atoms with Crippen molar-refractivity contribution in [3.8, 4) is 34.3 Å². The molecule has 0 aliphatic rings. The van der Waals surface area contributed by atoms with Crippen molar-refractivity contribution in [2.75, 3.05) is 21.3 Å². The first kappa shape index (κ1) is 20.2. The van der Waals surface area contributed by atoms with Gasteiger partial charge >= 0.3 is 5.97 Å². The van der Waals surface area contributed by atoms with E-state index in [0.29, 0.717) is 45.2 Å². The molecule has 0 fully saturated rings. The van der Waals surface area contributed by atoms with Gasteiger partial charge in [0.15, 0.2) is 11.5 Å². The summed E-state index contributed by atoms with van der Waals surface area (Å²) in [5.41, 5.74) is 2.53. The molecule has 4 rings (SSSR count). The summed E-state index contributed by atoms with van der Waals surface area (Å²) in [6.07, 6.45) is 0. The van der Waals surface area contributed by atoms with Crippen LogP contribution in [0, 0.1) is 0 Å². The summed E-state index contributed by atoms with van der Waals surface area (Å²) < 4.78 is 21.5. The van der Waals surface area contributed by atoms with Crippen LogP contribution in [-0.2, 0) is 0 Å². The number of carbonyl (C=O) groups excluding carboxylic acids is 1. The predicted molar refractivity (Wildman–Crippen MR) is 118 cm³/mol. The molecule has 6 heteroatoms. The van der Waals surface area contributed by atoms with Gasteiger partial charge in [0.25, 0.3) is 0 Å². The Kier molecular flexibility index (Phi) is 5.71. The Morgan fingerprint density at radius 1 is 0.742 bits per heavy atom. The number of benzene rings is 3. The van der Waals surface area contributed by atoms with Crippen molar-refractivity contribution in [1.82, 2.24) is 4.98 Å². The molecular weight excluding hydrogens is 394 g/mol. The van der Waals surface area contributed by atoms with Gasteiger partial charge in [0.05, 0.1) is 38.1 Å². The fourth-order valence-electron chi connectivity index (χ4n) is 3.29. The van der Waals surface area contributed by atoms with Crippen LogP contribution in [0.2, 0.25) is 0 Å². The van der Waals surface area contributed by atoms with Crippen LogP contribution in [0.1, 0.15) is 10.4 Å². The number of hydrogen-bond acceptors (Lipinski definition) is 6. The van der Waals surface area contributed by atoms with Gasteiger partial charge in [0.1, 0.15) is 11.5 Å². The molecule has 0 radical (unpaired) electrons. The average molecular weight is 415 g/mol. The maximum absolute atomic E-state index is 13.1. The Labute approximate surface area is 180 Å². The van der Waals surface area contributed by atoms with Crippen LogP contribution in [0.5, 0.6) is 23.0 Å². The molecule has 0 amide bonds. The van der Waals surface area contributed by atoms with E-state index in [1.807, 2.05) is 36.4 Å². The fourth-order valence-corrected chi connectivity index (χ4v) is 3.29. The third kappa shape index (κ3) is 4.14. The molecule has 0 atom stereocenters. The highest BCUT2D eigenvalue weighted by Crippen LogP contribution is 2.33. The summed E-state index contributed by atoms with van der Waals surface area (Å²) >= 11 is 0. The molecular formula is C25H21NO5. The van der Waals surface area contributed by atoms with Gasteiger partial charge in [-0.05, 0) is 54.6 Å². The van der Waals surface area contributed by atoms with E-state index in [-0.39, 0.29) is 0 Å². The van der Waals surface area contributed by atoms with E-state index in [1.54, 1.807) is 57.7 Å². The van der Waals surface area contributed by atoms with Crippen molar-refractivity contribution in [2.24, 2.45) is 0 Å². The van der Waals surface area contributed by atoms with Gasteiger partial charge in [-0.1, -0.05) is 18.2 Å². The Morgan fingerprint density at radius 2 is 1.45 bits per heavy atom. The van der Waals surface area contributed by atoms with Gasteiger partial charge in [0, 0.05) is 10.9 Å². The van der Waals surface area contributed by atoms with Crippen LogP contribution in [0.4, 0.5) is 0 Å². The third-order valence-corrected chi connectivity index (χ3v) is 4.89. The molecule has 0 saturated carbocycles. The lowest BCUT2D eigenvalue weighted by atomic mass is 10.0. The van der Waals surface area contributed by atoms with Gasteiger partial charge in [-0.2, -0.15) is 0 Å². The first-order valence-corrected chi connectivity index (χ1v) is 9.61. The zero-order valence-electron chi connectivity index (χ0n) is 17.4. The van der Waals surface area contributed by atoms with Crippen LogP contribution in [0.15, 0.2) is 72.8 Å². The highest BCUT2D eigenvalue weighted by atomic mass is 16.5. The molecule has 4 aromatic rings. The molecule has 6 nitrogen and oxygen atoms in total. The van der Waals surface area contributed by atoms with Gasteiger partial charge in [-0.15, -0.1) is 0 Å². The molecule has 0 N–H and O–H groups in total. The predicted octanol–water partition coefficient (Wildman–Crippen LogP) is 5.15. The normalized spacial score (nSPS) is 10.5. The minimum atomic E-state index is -0.467. The van der Waals surface area contributed by atoms with E-state index in [0.717, 1.165) is 5.56 Å². The smallest absolute Gasteiger partial charge is 0.344 e. The van der Waals surface area contributed by atoms with Gasteiger partial charge in [-0.25, -0.2) is 9.78 Å². The Morgan fingerprint density at radius 3 is 2.16 bits per heavy atom. The van der Waals surface area contributed by atoms with E-state index in [9.17, 15) is 4.79 Å². The first-order chi connectivity index (χ1) is 15.1. The van der Waals surface area contributed by atoms with E-state index in [1.165, 1.54) is 0 Å². The minimum absolute atomic E-state index is 0.422. The van der Waals surface area contributed by atoms with Crippen molar-refractivity contribution >= 4 is 16.9 Å². The molecule has 31 heavy (non-hydrogen) atoms. The van der Waals surface area contributed by atoms with Gasteiger partial charge in [-0.3, -0.25) is 0 Å². The number of carbonyl (C=O) groups is 1. The third-order valence-electron chi connectivity index (χ3n) is 4.89. The second-order valence-corrected chi connectivity index (χ2v) is 6.71. The molecule has 1 aromatic heterocycles.